The summed E-state index contributed by atoms with van der Waals surface area (Å²) in [6.07, 6.45) is -0.141. The Morgan fingerprint density at radius 1 is 1.10 bits per heavy atom. The second kappa shape index (κ2) is 9.05. The number of halogens is 1. The summed E-state index contributed by atoms with van der Waals surface area (Å²) in [6, 6.07) is 12.0. The standard InChI is InChI=1S/C22H19BrO6/c1-3-27-21(25)11-18-13(2)17-9-8-16(10-20(17)29-22(18)26)28-12-19(24)14-4-6-15(23)7-5-14/h4-10H,3,11-12H2,1-2H3. The molecule has 0 bridgehead atoms. The summed E-state index contributed by atoms with van der Waals surface area (Å²) in [5, 5.41) is 0.690. The summed E-state index contributed by atoms with van der Waals surface area (Å²) in [7, 11) is 0. The fraction of sp³-hybridized carbons (Fsp3) is 0.227. The Kier molecular flexibility index (Phi) is 6.49. The molecule has 0 N–H and O–H groups in total. The van der Waals surface area contributed by atoms with Gasteiger partial charge in [0.15, 0.2) is 12.4 Å². The molecule has 0 spiro atoms. The number of rotatable bonds is 7. The Morgan fingerprint density at radius 2 is 1.83 bits per heavy atom. The minimum Gasteiger partial charge on any atom is -0.485 e. The van der Waals surface area contributed by atoms with Crippen molar-refractivity contribution in [3.05, 3.63) is 74.0 Å². The molecule has 1 aromatic heterocycles. The van der Waals surface area contributed by atoms with Gasteiger partial charge < -0.3 is 13.9 Å². The van der Waals surface area contributed by atoms with Crippen molar-refractivity contribution in [2.75, 3.05) is 13.2 Å². The largest absolute Gasteiger partial charge is 0.485 e. The van der Waals surface area contributed by atoms with E-state index in [-0.39, 0.29) is 31.0 Å². The molecular formula is C22H19BrO6. The molecular weight excluding hydrogens is 440 g/mol. The fourth-order valence-electron chi connectivity index (χ4n) is 2.89. The van der Waals surface area contributed by atoms with E-state index in [9.17, 15) is 14.4 Å². The van der Waals surface area contributed by atoms with Crippen molar-refractivity contribution in [3.63, 3.8) is 0 Å². The molecule has 7 heteroatoms. The third kappa shape index (κ3) is 4.92. The topological polar surface area (TPSA) is 82.8 Å². The van der Waals surface area contributed by atoms with Crippen LogP contribution in [0, 0.1) is 6.92 Å². The second-order valence-electron chi connectivity index (χ2n) is 6.35. The van der Waals surface area contributed by atoms with E-state index in [2.05, 4.69) is 15.9 Å². The van der Waals surface area contributed by atoms with Crippen molar-refractivity contribution in [2.24, 2.45) is 0 Å². The molecule has 1 heterocycles. The number of carbonyl (C=O) groups is 2. The quantitative estimate of drug-likeness (QED) is 0.299. The molecule has 0 saturated heterocycles. The molecule has 0 radical (unpaired) electrons. The molecule has 2 aromatic carbocycles. The molecule has 0 aliphatic carbocycles. The van der Waals surface area contributed by atoms with Gasteiger partial charge in [-0.05, 0) is 43.7 Å². The number of benzene rings is 2. The summed E-state index contributed by atoms with van der Waals surface area (Å²) in [5.41, 5.74) is 1.21. The average molecular weight is 459 g/mol. The Morgan fingerprint density at radius 3 is 2.52 bits per heavy atom. The highest BCUT2D eigenvalue weighted by atomic mass is 79.9. The predicted molar refractivity (Wildman–Crippen MR) is 112 cm³/mol. The molecule has 0 saturated carbocycles. The van der Waals surface area contributed by atoms with Crippen LogP contribution in [0.4, 0.5) is 0 Å². The predicted octanol–water partition coefficient (Wildman–Crippen LogP) is 4.23. The Labute approximate surface area is 175 Å². The van der Waals surface area contributed by atoms with Crippen LogP contribution < -0.4 is 10.4 Å². The van der Waals surface area contributed by atoms with E-state index in [1.54, 1.807) is 56.3 Å². The number of aryl methyl sites for hydroxylation is 1. The lowest BCUT2D eigenvalue weighted by atomic mass is 10.0. The van der Waals surface area contributed by atoms with Crippen molar-refractivity contribution >= 4 is 38.7 Å². The van der Waals surface area contributed by atoms with Crippen molar-refractivity contribution in [3.8, 4) is 5.75 Å². The van der Waals surface area contributed by atoms with Gasteiger partial charge in [0.1, 0.15) is 11.3 Å². The maximum absolute atomic E-state index is 12.3. The van der Waals surface area contributed by atoms with Crippen LogP contribution in [-0.2, 0) is 16.0 Å². The number of hydrogen-bond donors (Lipinski definition) is 0. The first-order valence-corrected chi connectivity index (χ1v) is 9.82. The zero-order valence-corrected chi connectivity index (χ0v) is 17.6. The number of hydrogen-bond acceptors (Lipinski definition) is 6. The van der Waals surface area contributed by atoms with Gasteiger partial charge in [-0.25, -0.2) is 4.79 Å². The number of ether oxygens (including phenoxy) is 2. The van der Waals surface area contributed by atoms with Crippen LogP contribution in [0.5, 0.6) is 5.75 Å². The normalized spacial score (nSPS) is 10.7. The molecule has 6 nitrogen and oxygen atoms in total. The fourth-order valence-corrected chi connectivity index (χ4v) is 3.16. The second-order valence-corrected chi connectivity index (χ2v) is 7.27. The van der Waals surface area contributed by atoms with Crippen LogP contribution in [0.25, 0.3) is 11.0 Å². The van der Waals surface area contributed by atoms with Crippen molar-refractivity contribution in [1.29, 1.82) is 0 Å². The van der Waals surface area contributed by atoms with Crippen molar-refractivity contribution in [1.82, 2.24) is 0 Å². The van der Waals surface area contributed by atoms with Crippen LogP contribution >= 0.6 is 15.9 Å². The molecule has 0 atom stereocenters. The van der Waals surface area contributed by atoms with Gasteiger partial charge in [0.25, 0.3) is 0 Å². The first kappa shape index (κ1) is 20.8. The average Bonchev–Trinajstić information content (AvgIpc) is 2.70. The van der Waals surface area contributed by atoms with Gasteiger partial charge >= 0.3 is 11.6 Å². The number of esters is 1. The number of Topliss-reactive ketones (excluding diaryl/α,β-unsaturated/α-hetero) is 1. The van der Waals surface area contributed by atoms with Crippen molar-refractivity contribution < 1.29 is 23.5 Å². The lowest BCUT2D eigenvalue weighted by Crippen LogP contribution is -2.17. The molecule has 29 heavy (non-hydrogen) atoms. The highest BCUT2D eigenvalue weighted by Crippen LogP contribution is 2.24. The van der Waals surface area contributed by atoms with Gasteiger partial charge in [0, 0.05) is 21.5 Å². The maximum atomic E-state index is 12.3. The summed E-state index contributed by atoms with van der Waals surface area (Å²) in [4.78, 5) is 36.3. The van der Waals surface area contributed by atoms with E-state index in [0.717, 1.165) is 4.47 Å². The lowest BCUT2D eigenvalue weighted by Gasteiger charge is -2.10. The Balaban J connectivity index is 1.79. The van der Waals surface area contributed by atoms with E-state index in [1.807, 2.05) is 0 Å². The molecule has 3 aromatic rings. The van der Waals surface area contributed by atoms with E-state index in [1.165, 1.54) is 0 Å². The number of carbonyl (C=O) groups excluding carboxylic acids is 2. The van der Waals surface area contributed by atoms with E-state index >= 15 is 0 Å². The third-order valence-corrected chi connectivity index (χ3v) is 4.95. The van der Waals surface area contributed by atoms with E-state index in [0.29, 0.717) is 27.8 Å². The molecule has 0 aliphatic heterocycles. The van der Waals surface area contributed by atoms with Gasteiger partial charge in [-0.15, -0.1) is 0 Å². The van der Waals surface area contributed by atoms with Gasteiger partial charge in [-0.3, -0.25) is 9.59 Å². The Hall–Kier alpha value is -2.93. The molecule has 3 rings (SSSR count). The SMILES string of the molecule is CCOC(=O)Cc1c(C)c2ccc(OCC(=O)c3ccc(Br)cc3)cc2oc1=O. The third-order valence-electron chi connectivity index (χ3n) is 4.42. The van der Waals surface area contributed by atoms with E-state index < -0.39 is 11.6 Å². The Bertz CT molecular complexity index is 1110. The number of fused-ring (bicyclic) bond motifs is 1. The van der Waals surface area contributed by atoms with Crippen LogP contribution in [0.2, 0.25) is 0 Å². The minimum absolute atomic E-state index is 0.141. The van der Waals surface area contributed by atoms with E-state index in [4.69, 9.17) is 13.9 Å². The molecule has 0 fully saturated rings. The molecule has 0 unspecified atom stereocenters. The lowest BCUT2D eigenvalue weighted by molar-refractivity contribution is -0.142. The summed E-state index contributed by atoms with van der Waals surface area (Å²) >= 11 is 3.33. The van der Waals surface area contributed by atoms with Crippen LogP contribution in [0.1, 0.15) is 28.4 Å². The summed E-state index contributed by atoms with van der Waals surface area (Å²) in [5.74, 6) is -0.239. The molecule has 150 valence electrons. The van der Waals surface area contributed by atoms with Crippen LogP contribution in [0.3, 0.4) is 0 Å². The van der Waals surface area contributed by atoms with Crippen molar-refractivity contribution in [2.45, 2.75) is 20.3 Å². The van der Waals surface area contributed by atoms with Gasteiger partial charge in [0.2, 0.25) is 0 Å². The first-order valence-electron chi connectivity index (χ1n) is 9.02. The van der Waals surface area contributed by atoms with Crippen LogP contribution in [0.15, 0.2) is 56.1 Å². The minimum atomic E-state index is -0.592. The van der Waals surface area contributed by atoms with Gasteiger partial charge in [-0.1, -0.05) is 28.1 Å². The van der Waals surface area contributed by atoms with Crippen LogP contribution in [-0.4, -0.2) is 25.0 Å². The maximum Gasteiger partial charge on any atom is 0.340 e. The first-order chi connectivity index (χ1) is 13.9. The highest BCUT2D eigenvalue weighted by molar-refractivity contribution is 9.10. The highest BCUT2D eigenvalue weighted by Gasteiger charge is 2.16. The van der Waals surface area contributed by atoms with Gasteiger partial charge in [0.05, 0.1) is 18.6 Å². The molecule has 0 amide bonds. The summed E-state index contributed by atoms with van der Waals surface area (Å²) < 4.78 is 16.7. The molecule has 0 aliphatic rings. The zero-order valence-electron chi connectivity index (χ0n) is 16.0. The smallest absolute Gasteiger partial charge is 0.340 e. The van der Waals surface area contributed by atoms with Gasteiger partial charge in [-0.2, -0.15) is 0 Å². The summed E-state index contributed by atoms with van der Waals surface area (Å²) in [6.45, 7) is 3.57. The zero-order chi connectivity index (χ0) is 21.0. The number of ketones is 1. The monoisotopic (exact) mass is 458 g/mol.